The minimum Gasteiger partial charge on any atom is -0.480 e. The molecule has 0 aliphatic carbocycles. The molecule has 0 heterocycles. The molecule has 1 unspecified atom stereocenters. The SMILES string of the molecule is NC(=O)CCC(NC(=O)Nc1ccc(I)cc1Cl)C(=O)O. The normalized spacial score (nSPS) is 11.5. The maximum absolute atomic E-state index is 11.7. The van der Waals surface area contributed by atoms with Crippen molar-refractivity contribution in [3.8, 4) is 0 Å². The van der Waals surface area contributed by atoms with Crippen molar-refractivity contribution < 1.29 is 19.5 Å². The Bertz CT molecular complexity index is 567. The lowest BCUT2D eigenvalue weighted by Crippen LogP contribution is -2.43. The molecule has 0 saturated heterocycles. The van der Waals surface area contributed by atoms with E-state index in [1.807, 2.05) is 0 Å². The average Bonchev–Trinajstić information content (AvgIpc) is 2.37. The lowest BCUT2D eigenvalue weighted by molar-refractivity contribution is -0.139. The average molecular weight is 426 g/mol. The highest BCUT2D eigenvalue weighted by Gasteiger charge is 2.20. The van der Waals surface area contributed by atoms with Crippen molar-refractivity contribution in [1.82, 2.24) is 5.32 Å². The van der Waals surface area contributed by atoms with E-state index in [-0.39, 0.29) is 12.8 Å². The van der Waals surface area contributed by atoms with Crippen molar-refractivity contribution in [2.24, 2.45) is 5.73 Å². The third-order valence-corrected chi connectivity index (χ3v) is 3.45. The lowest BCUT2D eigenvalue weighted by Gasteiger charge is -2.15. The first-order valence-corrected chi connectivity index (χ1v) is 7.29. The van der Waals surface area contributed by atoms with Crippen LogP contribution < -0.4 is 16.4 Å². The highest BCUT2D eigenvalue weighted by atomic mass is 127. The number of urea groups is 1. The van der Waals surface area contributed by atoms with Crippen molar-refractivity contribution in [2.75, 3.05) is 5.32 Å². The summed E-state index contributed by atoms with van der Waals surface area (Å²) in [5.41, 5.74) is 5.31. The molecule has 5 N–H and O–H groups in total. The first-order chi connectivity index (χ1) is 9.79. The molecule has 0 aliphatic rings. The summed E-state index contributed by atoms with van der Waals surface area (Å²) < 4.78 is 0.897. The van der Waals surface area contributed by atoms with Gasteiger partial charge in [-0.25, -0.2) is 9.59 Å². The molecule has 0 aromatic heterocycles. The molecule has 21 heavy (non-hydrogen) atoms. The maximum Gasteiger partial charge on any atom is 0.326 e. The van der Waals surface area contributed by atoms with Crippen LogP contribution in [0.15, 0.2) is 18.2 Å². The summed E-state index contributed by atoms with van der Waals surface area (Å²) in [4.78, 5) is 33.4. The van der Waals surface area contributed by atoms with Gasteiger partial charge in [0.05, 0.1) is 10.7 Å². The van der Waals surface area contributed by atoms with Gasteiger partial charge in [0.25, 0.3) is 0 Å². The first kappa shape index (κ1) is 17.5. The second kappa shape index (κ2) is 8.03. The minimum absolute atomic E-state index is 0.0848. The molecule has 3 amide bonds. The van der Waals surface area contributed by atoms with E-state index in [0.717, 1.165) is 3.57 Å². The Labute approximate surface area is 139 Å². The summed E-state index contributed by atoms with van der Waals surface area (Å²) in [6.45, 7) is 0. The monoisotopic (exact) mass is 425 g/mol. The van der Waals surface area contributed by atoms with Crippen molar-refractivity contribution >= 4 is 57.8 Å². The predicted octanol–water partition coefficient (Wildman–Crippen LogP) is 1.78. The van der Waals surface area contributed by atoms with E-state index in [0.29, 0.717) is 10.7 Å². The van der Waals surface area contributed by atoms with E-state index >= 15 is 0 Å². The highest BCUT2D eigenvalue weighted by molar-refractivity contribution is 14.1. The molecular formula is C12H13ClIN3O4. The summed E-state index contributed by atoms with van der Waals surface area (Å²) in [7, 11) is 0. The van der Waals surface area contributed by atoms with Gasteiger partial charge in [-0.1, -0.05) is 11.6 Å². The van der Waals surface area contributed by atoms with Crippen LogP contribution in [0.1, 0.15) is 12.8 Å². The van der Waals surface area contributed by atoms with Crippen molar-refractivity contribution in [2.45, 2.75) is 18.9 Å². The number of benzene rings is 1. The number of nitrogens with two attached hydrogens (primary N) is 1. The molecule has 1 atom stereocenters. The molecule has 1 aromatic rings. The standard InChI is InChI=1S/C12H13ClIN3O4/c13-7-5-6(14)1-2-8(7)16-12(21)17-9(11(19)20)3-4-10(15)18/h1-2,5,9H,3-4H2,(H2,15,18)(H,19,20)(H2,16,17,21). The van der Waals surface area contributed by atoms with Gasteiger partial charge in [-0.15, -0.1) is 0 Å². The predicted molar refractivity (Wildman–Crippen MR) is 86.2 cm³/mol. The van der Waals surface area contributed by atoms with Crippen molar-refractivity contribution in [3.63, 3.8) is 0 Å². The van der Waals surface area contributed by atoms with Gasteiger partial charge >= 0.3 is 12.0 Å². The molecule has 1 rings (SSSR count). The summed E-state index contributed by atoms with van der Waals surface area (Å²) in [6.07, 6.45) is -0.222. The van der Waals surface area contributed by atoms with Crippen LogP contribution >= 0.6 is 34.2 Å². The molecule has 0 spiro atoms. The van der Waals surface area contributed by atoms with Gasteiger partial charge in [0.15, 0.2) is 0 Å². The van der Waals surface area contributed by atoms with E-state index in [9.17, 15) is 14.4 Å². The third kappa shape index (κ3) is 6.17. The number of anilines is 1. The molecule has 7 nitrogen and oxygen atoms in total. The maximum atomic E-state index is 11.7. The van der Waals surface area contributed by atoms with Crippen LogP contribution in [-0.2, 0) is 9.59 Å². The van der Waals surface area contributed by atoms with Crippen LogP contribution in [0, 0.1) is 3.57 Å². The molecule has 0 aliphatic heterocycles. The second-order valence-corrected chi connectivity index (χ2v) is 5.77. The van der Waals surface area contributed by atoms with Gasteiger partial charge in [0.1, 0.15) is 6.04 Å². The fourth-order valence-electron chi connectivity index (χ4n) is 1.45. The Balaban J connectivity index is 2.65. The number of nitrogens with one attached hydrogen (secondary N) is 2. The Morgan fingerprint density at radius 2 is 2.05 bits per heavy atom. The Morgan fingerprint density at radius 1 is 1.38 bits per heavy atom. The number of carboxylic acid groups (broad SMARTS) is 1. The third-order valence-electron chi connectivity index (χ3n) is 2.46. The van der Waals surface area contributed by atoms with E-state index in [4.69, 9.17) is 22.4 Å². The number of primary amides is 1. The number of aliphatic carboxylic acids is 1. The minimum atomic E-state index is -1.25. The highest BCUT2D eigenvalue weighted by Crippen LogP contribution is 2.23. The molecular weight excluding hydrogens is 413 g/mol. The number of halogens is 2. The fourth-order valence-corrected chi connectivity index (χ4v) is 2.35. The van der Waals surface area contributed by atoms with Crippen LogP contribution in [0.4, 0.5) is 10.5 Å². The molecule has 0 bridgehead atoms. The van der Waals surface area contributed by atoms with Crippen molar-refractivity contribution in [1.29, 1.82) is 0 Å². The van der Waals surface area contributed by atoms with Gasteiger partial charge in [-0.2, -0.15) is 0 Å². The topological polar surface area (TPSA) is 122 Å². The van der Waals surface area contributed by atoms with Gasteiger partial charge in [-0.05, 0) is 47.2 Å². The first-order valence-electron chi connectivity index (χ1n) is 5.83. The Hall–Kier alpha value is -1.55. The van der Waals surface area contributed by atoms with E-state index < -0.39 is 23.9 Å². The van der Waals surface area contributed by atoms with Crippen LogP contribution in [-0.4, -0.2) is 29.1 Å². The smallest absolute Gasteiger partial charge is 0.326 e. The Morgan fingerprint density at radius 3 is 2.57 bits per heavy atom. The van der Waals surface area contributed by atoms with Crippen LogP contribution in [0.25, 0.3) is 0 Å². The number of carbonyl (C=O) groups is 3. The molecule has 9 heteroatoms. The zero-order valence-corrected chi connectivity index (χ0v) is 13.6. The lowest BCUT2D eigenvalue weighted by atomic mass is 10.1. The largest absolute Gasteiger partial charge is 0.480 e. The number of amides is 3. The molecule has 0 saturated carbocycles. The van der Waals surface area contributed by atoms with Gasteiger partial charge < -0.3 is 21.5 Å². The van der Waals surface area contributed by atoms with Gasteiger partial charge in [0, 0.05) is 9.99 Å². The quantitative estimate of drug-likeness (QED) is 0.519. The second-order valence-electron chi connectivity index (χ2n) is 4.12. The summed E-state index contributed by atoms with van der Waals surface area (Å²) in [5.74, 6) is -1.88. The zero-order valence-electron chi connectivity index (χ0n) is 10.7. The number of hydrogen-bond donors (Lipinski definition) is 4. The summed E-state index contributed by atoms with van der Waals surface area (Å²) in [6, 6.07) is 3.06. The molecule has 1 aromatic carbocycles. The van der Waals surface area contributed by atoms with E-state index in [2.05, 4.69) is 33.2 Å². The van der Waals surface area contributed by atoms with Gasteiger partial charge in [0.2, 0.25) is 5.91 Å². The number of carbonyl (C=O) groups excluding carboxylic acids is 2. The van der Waals surface area contributed by atoms with Crippen molar-refractivity contribution in [3.05, 3.63) is 26.8 Å². The zero-order chi connectivity index (χ0) is 16.0. The van der Waals surface area contributed by atoms with Crippen LogP contribution in [0.2, 0.25) is 5.02 Å². The number of rotatable bonds is 6. The van der Waals surface area contributed by atoms with E-state index in [1.54, 1.807) is 18.2 Å². The molecule has 114 valence electrons. The fraction of sp³-hybridized carbons (Fsp3) is 0.250. The molecule has 0 radical (unpaired) electrons. The van der Waals surface area contributed by atoms with Crippen LogP contribution in [0.5, 0.6) is 0 Å². The van der Waals surface area contributed by atoms with Crippen LogP contribution in [0.3, 0.4) is 0 Å². The molecule has 0 fully saturated rings. The summed E-state index contributed by atoms with van der Waals surface area (Å²) >= 11 is 8.02. The van der Waals surface area contributed by atoms with E-state index in [1.165, 1.54) is 0 Å². The number of hydrogen-bond acceptors (Lipinski definition) is 3. The Kier molecular flexibility index (Phi) is 6.69. The van der Waals surface area contributed by atoms with Gasteiger partial charge in [-0.3, -0.25) is 4.79 Å². The number of carboxylic acids is 1. The summed E-state index contributed by atoms with van der Waals surface area (Å²) in [5, 5.41) is 14.0.